The van der Waals surface area contributed by atoms with E-state index in [0.29, 0.717) is 23.7 Å². The summed E-state index contributed by atoms with van der Waals surface area (Å²) < 4.78 is 0. The first-order chi connectivity index (χ1) is 15.1. The second kappa shape index (κ2) is 11.8. The van der Waals surface area contributed by atoms with Crippen LogP contribution in [0.15, 0.2) is 24.3 Å². The minimum atomic E-state index is 0.430. The van der Waals surface area contributed by atoms with Crippen LogP contribution in [0.5, 0.6) is 0 Å². The van der Waals surface area contributed by atoms with Crippen LogP contribution < -0.4 is 11.1 Å². The van der Waals surface area contributed by atoms with Crippen molar-refractivity contribution in [1.82, 2.24) is 0 Å². The summed E-state index contributed by atoms with van der Waals surface area (Å²) in [4.78, 5) is 0. The van der Waals surface area contributed by atoms with Crippen LogP contribution >= 0.6 is 0 Å². The zero-order chi connectivity index (χ0) is 24.0. The Morgan fingerprint density at radius 3 is 1.44 bits per heavy atom. The number of nitrogen functional groups attached to an aromatic ring is 1. The Labute approximate surface area is 198 Å². The molecule has 2 nitrogen and oxygen atoms in total. The maximum atomic E-state index is 6.55. The molecular weight excluding hydrogens is 388 g/mol. The number of unbranched alkanes of at least 4 members (excludes halogenated alkanes) is 2. The van der Waals surface area contributed by atoms with Crippen LogP contribution in [0.4, 0.5) is 11.4 Å². The van der Waals surface area contributed by atoms with E-state index < -0.39 is 0 Å². The van der Waals surface area contributed by atoms with Crippen molar-refractivity contribution in [2.75, 3.05) is 17.6 Å². The molecule has 2 heteroatoms. The van der Waals surface area contributed by atoms with Gasteiger partial charge in [-0.25, -0.2) is 0 Å². The van der Waals surface area contributed by atoms with Gasteiger partial charge in [-0.3, -0.25) is 0 Å². The second-order valence-electron chi connectivity index (χ2n) is 10.8. The van der Waals surface area contributed by atoms with Crippen molar-refractivity contribution in [2.45, 2.75) is 112 Å². The molecule has 178 valence electrons. The zero-order valence-electron chi connectivity index (χ0n) is 22.2. The number of hydrogen-bond donors (Lipinski definition) is 2. The lowest BCUT2D eigenvalue weighted by molar-refractivity contribution is 0.739. The van der Waals surface area contributed by atoms with Gasteiger partial charge in [0.05, 0.1) is 0 Å². The summed E-state index contributed by atoms with van der Waals surface area (Å²) in [5.74, 6) is 1.84. The maximum absolute atomic E-state index is 6.55. The Morgan fingerprint density at radius 1 is 0.656 bits per heavy atom. The first kappa shape index (κ1) is 26.3. The normalized spacial score (nSPS) is 11.9. The molecule has 0 unspecified atom stereocenters. The number of rotatable bonds is 11. The molecule has 0 spiro atoms. The van der Waals surface area contributed by atoms with Crippen molar-refractivity contribution in [3.05, 3.63) is 57.6 Å². The largest absolute Gasteiger partial charge is 0.398 e. The molecule has 0 amide bonds. The highest BCUT2D eigenvalue weighted by Gasteiger charge is 2.18. The van der Waals surface area contributed by atoms with E-state index in [1.165, 1.54) is 58.3 Å². The summed E-state index contributed by atoms with van der Waals surface area (Å²) >= 11 is 0. The average molecular weight is 437 g/mol. The molecule has 2 aromatic carbocycles. The van der Waals surface area contributed by atoms with Crippen LogP contribution in [-0.2, 0) is 6.42 Å². The van der Waals surface area contributed by atoms with Crippen molar-refractivity contribution in [1.29, 1.82) is 0 Å². The Morgan fingerprint density at radius 2 is 1.06 bits per heavy atom. The molecular formula is C30H48N2. The molecule has 0 aliphatic rings. The fraction of sp³-hybridized carbons (Fsp3) is 0.600. The number of anilines is 2. The predicted molar refractivity (Wildman–Crippen MR) is 144 cm³/mol. The van der Waals surface area contributed by atoms with Gasteiger partial charge in [0.15, 0.2) is 0 Å². The van der Waals surface area contributed by atoms with E-state index in [-0.39, 0.29) is 0 Å². The number of nitrogens with two attached hydrogens (primary N) is 1. The van der Waals surface area contributed by atoms with Crippen molar-refractivity contribution >= 4 is 11.4 Å². The van der Waals surface area contributed by atoms with Crippen LogP contribution in [0.2, 0.25) is 0 Å². The molecule has 0 saturated heterocycles. The molecule has 0 atom stereocenters. The lowest BCUT2D eigenvalue weighted by Crippen LogP contribution is -2.10. The molecule has 0 bridgehead atoms. The van der Waals surface area contributed by atoms with Crippen LogP contribution in [0.3, 0.4) is 0 Å². The van der Waals surface area contributed by atoms with Gasteiger partial charge >= 0.3 is 0 Å². The van der Waals surface area contributed by atoms with Crippen LogP contribution in [0.25, 0.3) is 0 Å². The maximum Gasteiger partial charge on any atom is 0.0410 e. The highest BCUT2D eigenvalue weighted by molar-refractivity contribution is 5.63. The van der Waals surface area contributed by atoms with Crippen molar-refractivity contribution in [2.24, 2.45) is 0 Å². The summed E-state index contributed by atoms with van der Waals surface area (Å²) in [6.45, 7) is 21.6. The van der Waals surface area contributed by atoms with Gasteiger partial charge in [0, 0.05) is 17.9 Å². The van der Waals surface area contributed by atoms with Crippen molar-refractivity contribution in [3.63, 3.8) is 0 Å². The molecule has 2 aromatic rings. The number of hydrogen-bond acceptors (Lipinski definition) is 2. The van der Waals surface area contributed by atoms with Gasteiger partial charge in [-0.1, -0.05) is 99.4 Å². The third-order valence-corrected chi connectivity index (χ3v) is 6.54. The van der Waals surface area contributed by atoms with E-state index in [1.54, 1.807) is 0 Å². The van der Waals surface area contributed by atoms with E-state index in [2.05, 4.69) is 91.9 Å². The van der Waals surface area contributed by atoms with E-state index in [1.807, 2.05) is 0 Å². The zero-order valence-corrected chi connectivity index (χ0v) is 22.2. The van der Waals surface area contributed by atoms with Gasteiger partial charge in [-0.15, -0.1) is 0 Å². The van der Waals surface area contributed by atoms with E-state index in [4.69, 9.17) is 5.73 Å². The monoisotopic (exact) mass is 436 g/mol. The summed E-state index contributed by atoms with van der Waals surface area (Å²) in [6, 6.07) is 9.57. The topological polar surface area (TPSA) is 38.0 Å². The molecule has 0 aliphatic carbocycles. The van der Waals surface area contributed by atoms with Gasteiger partial charge in [0.2, 0.25) is 0 Å². The Balaban J connectivity index is 2.50. The van der Waals surface area contributed by atoms with Gasteiger partial charge < -0.3 is 11.1 Å². The first-order valence-corrected chi connectivity index (χ1v) is 12.9. The summed E-state index contributed by atoms with van der Waals surface area (Å²) in [5.41, 5.74) is 17.2. The molecule has 0 aliphatic heterocycles. The molecule has 0 heterocycles. The smallest absolute Gasteiger partial charge is 0.0410 e. The fourth-order valence-corrected chi connectivity index (χ4v) is 4.61. The lowest BCUT2D eigenvalue weighted by Gasteiger charge is -2.23. The van der Waals surface area contributed by atoms with Gasteiger partial charge in [0.25, 0.3) is 0 Å². The van der Waals surface area contributed by atoms with Gasteiger partial charge in [0.1, 0.15) is 0 Å². The van der Waals surface area contributed by atoms with Crippen molar-refractivity contribution < 1.29 is 0 Å². The fourth-order valence-electron chi connectivity index (χ4n) is 4.61. The quantitative estimate of drug-likeness (QED) is 0.272. The van der Waals surface area contributed by atoms with Crippen LogP contribution in [-0.4, -0.2) is 6.54 Å². The minimum absolute atomic E-state index is 0.430. The van der Waals surface area contributed by atoms with E-state index >= 15 is 0 Å². The third kappa shape index (κ3) is 6.53. The molecule has 3 N–H and O–H groups in total. The summed E-state index contributed by atoms with van der Waals surface area (Å²) in [7, 11) is 0. The Bertz CT molecular complexity index is 816. The standard InChI is InChI=1S/C30H48N2/c1-10-11-12-13-32-30-27(21(6)7)17-24(18-28(30)22(8)9)14-23-15-25(19(2)3)29(31)26(16-23)20(4)5/h15-22,32H,10-14,31H2,1-9H3. The van der Waals surface area contributed by atoms with Gasteiger partial charge in [-0.05, 0) is 69.9 Å². The van der Waals surface area contributed by atoms with Crippen LogP contribution in [0, 0.1) is 0 Å². The van der Waals surface area contributed by atoms with E-state index in [0.717, 1.165) is 18.7 Å². The van der Waals surface area contributed by atoms with Gasteiger partial charge in [-0.2, -0.15) is 0 Å². The third-order valence-electron chi connectivity index (χ3n) is 6.54. The minimum Gasteiger partial charge on any atom is -0.398 e. The molecule has 0 fully saturated rings. The van der Waals surface area contributed by atoms with Crippen LogP contribution in [0.1, 0.15) is 139 Å². The molecule has 0 aromatic heterocycles. The summed E-state index contributed by atoms with van der Waals surface area (Å²) in [6.07, 6.45) is 4.73. The highest BCUT2D eigenvalue weighted by atomic mass is 14.9. The average Bonchev–Trinajstić information content (AvgIpc) is 2.71. The number of nitrogens with one attached hydrogen (secondary N) is 1. The second-order valence-corrected chi connectivity index (χ2v) is 10.8. The first-order valence-electron chi connectivity index (χ1n) is 12.9. The molecule has 0 radical (unpaired) electrons. The highest BCUT2D eigenvalue weighted by Crippen LogP contribution is 2.36. The Kier molecular flexibility index (Phi) is 9.67. The molecule has 0 saturated carbocycles. The SMILES string of the molecule is CCCCCNc1c(C(C)C)cc(Cc2cc(C(C)C)c(N)c(C(C)C)c2)cc1C(C)C. The predicted octanol–water partition coefficient (Wildman–Crippen LogP) is 8.96. The van der Waals surface area contributed by atoms with E-state index in [9.17, 15) is 0 Å². The Hall–Kier alpha value is -1.96. The van der Waals surface area contributed by atoms with Crippen molar-refractivity contribution in [3.8, 4) is 0 Å². The molecule has 2 rings (SSSR count). The lowest BCUT2D eigenvalue weighted by atomic mass is 9.86. The summed E-state index contributed by atoms with van der Waals surface area (Å²) in [5, 5.41) is 3.81. The molecule has 32 heavy (non-hydrogen) atoms. The number of benzene rings is 2.